The SMILES string of the molecule is CCCNC(=O)CCN=C(NCC)N1CCC(CN(CC)C(=O)OC(C)(C)C)CC1. The lowest BCUT2D eigenvalue weighted by Crippen LogP contribution is -2.48. The largest absolute Gasteiger partial charge is 0.444 e. The lowest BCUT2D eigenvalue weighted by atomic mass is 9.96. The van der Waals surface area contributed by atoms with Crippen LogP contribution in [-0.4, -0.2) is 79.2 Å². The van der Waals surface area contributed by atoms with Crippen molar-refractivity contribution in [2.75, 3.05) is 45.8 Å². The second kappa shape index (κ2) is 13.3. The number of nitrogens with zero attached hydrogens (tertiary/aromatic N) is 3. The highest BCUT2D eigenvalue weighted by Crippen LogP contribution is 2.20. The Morgan fingerprint density at radius 1 is 1.13 bits per heavy atom. The molecule has 30 heavy (non-hydrogen) atoms. The molecule has 0 bridgehead atoms. The number of hydrogen-bond donors (Lipinski definition) is 2. The number of piperidine rings is 1. The highest BCUT2D eigenvalue weighted by molar-refractivity contribution is 5.81. The molecule has 1 saturated heterocycles. The van der Waals surface area contributed by atoms with E-state index in [0.717, 1.165) is 51.4 Å². The molecule has 1 fully saturated rings. The van der Waals surface area contributed by atoms with Gasteiger partial charge in [-0.05, 0) is 59.8 Å². The summed E-state index contributed by atoms with van der Waals surface area (Å²) in [5, 5.41) is 6.23. The van der Waals surface area contributed by atoms with Gasteiger partial charge >= 0.3 is 6.09 Å². The van der Waals surface area contributed by atoms with Crippen molar-refractivity contribution < 1.29 is 14.3 Å². The van der Waals surface area contributed by atoms with Gasteiger partial charge in [-0.2, -0.15) is 0 Å². The molecule has 174 valence electrons. The van der Waals surface area contributed by atoms with Gasteiger partial charge in [0.2, 0.25) is 5.91 Å². The van der Waals surface area contributed by atoms with Gasteiger partial charge in [0, 0.05) is 45.7 Å². The van der Waals surface area contributed by atoms with Crippen molar-refractivity contribution in [2.24, 2.45) is 10.9 Å². The maximum Gasteiger partial charge on any atom is 0.410 e. The molecule has 0 aromatic rings. The molecule has 1 aliphatic heterocycles. The molecule has 1 heterocycles. The second-order valence-electron chi connectivity index (χ2n) is 8.79. The number of amides is 2. The van der Waals surface area contributed by atoms with Gasteiger partial charge in [-0.1, -0.05) is 6.92 Å². The van der Waals surface area contributed by atoms with Crippen molar-refractivity contribution in [1.82, 2.24) is 20.4 Å². The molecule has 8 nitrogen and oxygen atoms in total. The van der Waals surface area contributed by atoms with Crippen LogP contribution in [0.3, 0.4) is 0 Å². The number of likely N-dealkylation sites (tertiary alicyclic amines) is 1. The molecule has 0 unspecified atom stereocenters. The van der Waals surface area contributed by atoms with Crippen molar-refractivity contribution in [2.45, 2.75) is 72.8 Å². The summed E-state index contributed by atoms with van der Waals surface area (Å²) in [5.41, 5.74) is -0.474. The Morgan fingerprint density at radius 2 is 1.80 bits per heavy atom. The average Bonchev–Trinajstić information content (AvgIpc) is 2.69. The van der Waals surface area contributed by atoms with E-state index in [4.69, 9.17) is 4.74 Å². The van der Waals surface area contributed by atoms with Crippen LogP contribution in [0.15, 0.2) is 4.99 Å². The quantitative estimate of drug-likeness (QED) is 0.438. The molecule has 1 rings (SSSR count). The van der Waals surface area contributed by atoms with E-state index in [0.29, 0.717) is 32.0 Å². The minimum Gasteiger partial charge on any atom is -0.444 e. The highest BCUT2D eigenvalue weighted by Gasteiger charge is 2.27. The van der Waals surface area contributed by atoms with E-state index in [-0.39, 0.29) is 12.0 Å². The fourth-order valence-corrected chi connectivity index (χ4v) is 3.34. The molecular formula is C22H43N5O3. The lowest BCUT2D eigenvalue weighted by molar-refractivity contribution is -0.120. The lowest BCUT2D eigenvalue weighted by Gasteiger charge is -2.36. The van der Waals surface area contributed by atoms with Gasteiger partial charge in [-0.3, -0.25) is 9.79 Å². The Labute approximate surface area is 182 Å². The number of rotatable bonds is 9. The smallest absolute Gasteiger partial charge is 0.410 e. The third kappa shape index (κ3) is 10.2. The molecule has 0 aromatic carbocycles. The molecule has 2 N–H and O–H groups in total. The summed E-state index contributed by atoms with van der Waals surface area (Å²) in [6, 6.07) is 0. The molecule has 2 amide bonds. The normalized spacial score (nSPS) is 15.7. The number of hydrogen-bond acceptors (Lipinski definition) is 4. The minimum absolute atomic E-state index is 0.0527. The summed E-state index contributed by atoms with van der Waals surface area (Å²) < 4.78 is 5.53. The molecule has 0 radical (unpaired) electrons. The maximum atomic E-state index is 12.4. The minimum atomic E-state index is -0.474. The fraction of sp³-hybridized carbons (Fsp3) is 0.864. The Morgan fingerprint density at radius 3 is 2.33 bits per heavy atom. The van der Waals surface area contributed by atoms with Crippen LogP contribution in [0.4, 0.5) is 4.79 Å². The van der Waals surface area contributed by atoms with Gasteiger partial charge in [-0.25, -0.2) is 4.79 Å². The van der Waals surface area contributed by atoms with Gasteiger partial charge in [0.1, 0.15) is 5.60 Å². The molecule has 8 heteroatoms. The molecule has 0 aromatic heterocycles. The first-order valence-electron chi connectivity index (χ1n) is 11.5. The van der Waals surface area contributed by atoms with Crippen molar-refractivity contribution in [3.63, 3.8) is 0 Å². The summed E-state index contributed by atoms with van der Waals surface area (Å²) >= 11 is 0. The first-order valence-corrected chi connectivity index (χ1v) is 11.5. The third-order valence-corrected chi connectivity index (χ3v) is 4.93. The maximum absolute atomic E-state index is 12.4. The number of carbonyl (C=O) groups is 2. The van der Waals surface area contributed by atoms with E-state index in [1.165, 1.54) is 0 Å². The van der Waals surface area contributed by atoms with Crippen molar-refractivity contribution in [3.8, 4) is 0 Å². The third-order valence-electron chi connectivity index (χ3n) is 4.93. The van der Waals surface area contributed by atoms with E-state index in [2.05, 4.69) is 27.4 Å². The Hall–Kier alpha value is -1.99. The summed E-state index contributed by atoms with van der Waals surface area (Å²) in [7, 11) is 0. The van der Waals surface area contributed by atoms with Crippen LogP contribution in [0, 0.1) is 5.92 Å². The van der Waals surface area contributed by atoms with Crippen LogP contribution in [0.25, 0.3) is 0 Å². The Balaban J connectivity index is 2.53. The summed E-state index contributed by atoms with van der Waals surface area (Å²) in [6.07, 6.45) is 3.12. The fourth-order valence-electron chi connectivity index (χ4n) is 3.34. The van der Waals surface area contributed by atoms with Gasteiger partial charge in [0.05, 0.1) is 6.54 Å². The van der Waals surface area contributed by atoms with E-state index >= 15 is 0 Å². The van der Waals surface area contributed by atoms with Gasteiger partial charge in [-0.15, -0.1) is 0 Å². The van der Waals surface area contributed by atoms with E-state index in [9.17, 15) is 9.59 Å². The highest BCUT2D eigenvalue weighted by atomic mass is 16.6. The summed E-state index contributed by atoms with van der Waals surface area (Å²) in [6.45, 7) is 16.9. The molecule has 0 spiro atoms. The molecule has 0 atom stereocenters. The number of aliphatic imine (C=N–C) groups is 1. The zero-order valence-electron chi connectivity index (χ0n) is 19.9. The van der Waals surface area contributed by atoms with Gasteiger partial charge < -0.3 is 25.2 Å². The van der Waals surface area contributed by atoms with Crippen LogP contribution < -0.4 is 10.6 Å². The van der Waals surface area contributed by atoms with Crippen LogP contribution >= 0.6 is 0 Å². The topological polar surface area (TPSA) is 86.3 Å². The predicted molar refractivity (Wildman–Crippen MR) is 122 cm³/mol. The monoisotopic (exact) mass is 425 g/mol. The number of guanidine groups is 1. The van der Waals surface area contributed by atoms with Crippen molar-refractivity contribution >= 4 is 18.0 Å². The average molecular weight is 426 g/mol. The Kier molecular flexibility index (Phi) is 11.6. The van der Waals surface area contributed by atoms with Gasteiger partial charge in [0.25, 0.3) is 0 Å². The van der Waals surface area contributed by atoms with Crippen molar-refractivity contribution in [1.29, 1.82) is 0 Å². The van der Waals surface area contributed by atoms with Gasteiger partial charge in [0.15, 0.2) is 5.96 Å². The first kappa shape index (κ1) is 26.0. The zero-order valence-corrected chi connectivity index (χ0v) is 19.9. The molecule has 1 aliphatic rings. The predicted octanol–water partition coefficient (Wildman–Crippen LogP) is 2.84. The summed E-state index contributed by atoms with van der Waals surface area (Å²) in [5.74, 6) is 1.38. The molecule has 0 aliphatic carbocycles. The first-order chi connectivity index (χ1) is 14.2. The number of carbonyl (C=O) groups excluding carboxylic acids is 2. The van der Waals surface area contributed by atoms with Crippen LogP contribution in [0.1, 0.15) is 67.2 Å². The molecular weight excluding hydrogens is 382 g/mol. The van der Waals surface area contributed by atoms with E-state index in [1.807, 2.05) is 34.6 Å². The number of nitrogens with one attached hydrogen (secondary N) is 2. The van der Waals surface area contributed by atoms with E-state index in [1.54, 1.807) is 4.90 Å². The Bertz CT molecular complexity index is 551. The van der Waals surface area contributed by atoms with Crippen molar-refractivity contribution in [3.05, 3.63) is 0 Å². The van der Waals surface area contributed by atoms with Crippen LogP contribution in [0.5, 0.6) is 0 Å². The van der Waals surface area contributed by atoms with Crippen LogP contribution in [-0.2, 0) is 9.53 Å². The second-order valence-corrected chi connectivity index (χ2v) is 8.79. The zero-order chi connectivity index (χ0) is 22.6. The standard InChI is InChI=1S/C22H43N5O3/c1-7-13-24-19(28)10-14-25-20(23-8-2)27-15-11-18(12-16-27)17-26(9-3)21(29)30-22(4,5)6/h18H,7-17H2,1-6H3,(H,23,25)(H,24,28). The summed E-state index contributed by atoms with van der Waals surface area (Å²) in [4.78, 5) is 32.9. The van der Waals surface area contributed by atoms with E-state index < -0.39 is 5.60 Å². The van der Waals surface area contributed by atoms with Crippen LogP contribution in [0.2, 0.25) is 0 Å². The number of ether oxygens (including phenoxy) is 1. The molecule has 0 saturated carbocycles.